The molecule has 1 aromatic heterocycles. The van der Waals surface area contributed by atoms with Crippen molar-refractivity contribution >= 4 is 23.1 Å². The van der Waals surface area contributed by atoms with Gasteiger partial charge in [-0.05, 0) is 54.8 Å². The first-order valence-electron chi connectivity index (χ1n) is 11.0. The number of aliphatic hydroxyl groups is 1. The lowest BCUT2D eigenvalue weighted by Gasteiger charge is -2.25. The second-order valence-corrected chi connectivity index (χ2v) is 8.65. The molecule has 1 aliphatic heterocycles. The maximum atomic E-state index is 13.2. The molecule has 2 N–H and O–H groups in total. The summed E-state index contributed by atoms with van der Waals surface area (Å²) in [6.45, 7) is 6.37. The van der Waals surface area contributed by atoms with Crippen LogP contribution in [-0.2, 0) is 9.59 Å². The van der Waals surface area contributed by atoms with Crippen LogP contribution in [0.1, 0.15) is 36.7 Å². The van der Waals surface area contributed by atoms with Crippen LogP contribution >= 0.6 is 0 Å². The van der Waals surface area contributed by atoms with Gasteiger partial charge in [-0.25, -0.2) is 0 Å². The van der Waals surface area contributed by atoms with Crippen molar-refractivity contribution in [3.63, 3.8) is 0 Å². The number of nitrogens with zero attached hydrogens (tertiary/aromatic N) is 2. The monoisotopic (exact) mass is 458 g/mol. The minimum Gasteiger partial charge on any atom is -0.507 e. The van der Waals surface area contributed by atoms with Gasteiger partial charge in [0.2, 0.25) is 0 Å². The summed E-state index contributed by atoms with van der Waals surface area (Å²) in [7, 11) is 0. The first-order valence-corrected chi connectivity index (χ1v) is 11.0. The Bertz CT molecular complexity index is 1270. The molecule has 2 aromatic carbocycles. The number of rotatable bonds is 6. The molecular weight excluding hydrogens is 432 g/mol. The molecule has 1 saturated heterocycles. The molecule has 7 nitrogen and oxygen atoms in total. The summed E-state index contributed by atoms with van der Waals surface area (Å²) in [6, 6.07) is 15.6. The van der Waals surface area contributed by atoms with Crippen LogP contribution in [0.4, 0.5) is 5.69 Å². The first kappa shape index (κ1) is 23.0. The zero-order chi connectivity index (χ0) is 24.4. The van der Waals surface area contributed by atoms with Gasteiger partial charge >= 0.3 is 0 Å². The van der Waals surface area contributed by atoms with E-state index >= 15 is 0 Å². The Morgan fingerprint density at radius 1 is 1.09 bits per heavy atom. The van der Waals surface area contributed by atoms with Crippen LogP contribution in [0.2, 0.25) is 0 Å². The van der Waals surface area contributed by atoms with Crippen molar-refractivity contribution in [1.29, 1.82) is 0 Å². The molecule has 4 rings (SSSR count). The molecule has 0 aliphatic carbocycles. The van der Waals surface area contributed by atoms with E-state index in [-0.39, 0.29) is 22.8 Å². The zero-order valence-electron chi connectivity index (χ0n) is 19.2. The van der Waals surface area contributed by atoms with Crippen molar-refractivity contribution in [1.82, 2.24) is 4.98 Å². The third kappa shape index (κ3) is 4.37. The highest BCUT2D eigenvalue weighted by atomic mass is 16.5. The Labute approximate surface area is 198 Å². The average Bonchev–Trinajstić information content (AvgIpc) is 3.10. The lowest BCUT2D eigenvalue weighted by Crippen LogP contribution is -2.30. The number of phenols is 1. The molecule has 1 atom stereocenters. The van der Waals surface area contributed by atoms with Crippen molar-refractivity contribution in [3.8, 4) is 11.5 Å². The fourth-order valence-corrected chi connectivity index (χ4v) is 3.88. The van der Waals surface area contributed by atoms with Crippen molar-refractivity contribution in [2.45, 2.75) is 26.8 Å². The fraction of sp³-hybridized carbons (Fsp3) is 0.222. The molecule has 3 aromatic rings. The van der Waals surface area contributed by atoms with E-state index in [4.69, 9.17) is 4.74 Å². The van der Waals surface area contributed by atoms with Gasteiger partial charge in [-0.1, -0.05) is 38.1 Å². The Morgan fingerprint density at radius 2 is 1.88 bits per heavy atom. The molecule has 174 valence electrons. The number of phenolic OH excluding ortho intramolecular Hbond substituents is 1. The highest BCUT2D eigenvalue weighted by Crippen LogP contribution is 2.44. The highest BCUT2D eigenvalue weighted by molar-refractivity contribution is 6.51. The van der Waals surface area contributed by atoms with Crippen molar-refractivity contribution < 1.29 is 24.5 Å². The largest absolute Gasteiger partial charge is 0.507 e. The second kappa shape index (κ2) is 9.39. The number of amides is 1. The molecule has 1 aliphatic rings. The number of pyridine rings is 1. The Balaban J connectivity index is 1.88. The fourth-order valence-electron chi connectivity index (χ4n) is 3.88. The van der Waals surface area contributed by atoms with Crippen LogP contribution in [0.15, 0.2) is 72.4 Å². The quantitative estimate of drug-likeness (QED) is 0.314. The van der Waals surface area contributed by atoms with E-state index in [0.717, 1.165) is 5.56 Å². The van der Waals surface area contributed by atoms with E-state index < -0.39 is 17.7 Å². The normalized spacial score (nSPS) is 17.4. The molecule has 1 unspecified atom stereocenters. The standard InChI is InChI=1S/C27H26N2O5/c1-16(2)15-34-19-8-6-7-18(14-19)25(31)23-24(20-9-4-5-12-28-20)29(27(33)26(23)32)21-13-17(3)10-11-22(21)30/h4-14,16,24,30-31H,15H2,1-3H3/b25-23+. The van der Waals surface area contributed by atoms with Crippen LogP contribution < -0.4 is 9.64 Å². The lowest BCUT2D eigenvalue weighted by molar-refractivity contribution is -0.132. The van der Waals surface area contributed by atoms with Gasteiger partial charge in [0.15, 0.2) is 0 Å². The van der Waals surface area contributed by atoms with E-state index in [1.807, 2.05) is 20.8 Å². The summed E-state index contributed by atoms with van der Waals surface area (Å²) < 4.78 is 5.76. The molecule has 0 spiro atoms. The minimum absolute atomic E-state index is 0.106. The Hall–Kier alpha value is -4.13. The topological polar surface area (TPSA) is 100.0 Å². The zero-order valence-corrected chi connectivity index (χ0v) is 19.2. The number of carbonyl (C=O) groups is 2. The molecule has 1 amide bonds. The van der Waals surface area contributed by atoms with Gasteiger partial charge in [0.05, 0.1) is 23.6 Å². The number of ketones is 1. The van der Waals surface area contributed by atoms with E-state index in [1.54, 1.807) is 60.8 Å². The van der Waals surface area contributed by atoms with E-state index in [0.29, 0.717) is 29.5 Å². The third-order valence-electron chi connectivity index (χ3n) is 5.49. The van der Waals surface area contributed by atoms with Gasteiger partial charge in [0.1, 0.15) is 23.3 Å². The van der Waals surface area contributed by atoms with E-state index in [9.17, 15) is 19.8 Å². The SMILES string of the molecule is Cc1ccc(O)c(N2C(=O)C(=O)/C(=C(/O)c3cccc(OCC(C)C)c3)C2c2ccccn2)c1. The number of carbonyl (C=O) groups excluding carboxylic acids is 2. The summed E-state index contributed by atoms with van der Waals surface area (Å²) in [5.74, 6) is -1.35. The predicted molar refractivity (Wildman–Crippen MR) is 129 cm³/mol. The summed E-state index contributed by atoms with van der Waals surface area (Å²) in [6.07, 6.45) is 1.55. The van der Waals surface area contributed by atoms with Gasteiger partial charge in [-0.3, -0.25) is 19.5 Å². The van der Waals surface area contributed by atoms with E-state index in [2.05, 4.69) is 4.98 Å². The molecule has 7 heteroatoms. The number of hydrogen-bond donors (Lipinski definition) is 2. The van der Waals surface area contributed by atoms with E-state index in [1.165, 1.54) is 11.0 Å². The van der Waals surface area contributed by atoms with Crippen molar-refractivity contribution in [2.75, 3.05) is 11.5 Å². The number of aliphatic hydroxyl groups excluding tert-OH is 1. The first-order chi connectivity index (χ1) is 16.3. The summed E-state index contributed by atoms with van der Waals surface area (Å²) in [4.78, 5) is 32.0. The number of aromatic nitrogens is 1. The van der Waals surface area contributed by atoms with Gasteiger partial charge in [-0.2, -0.15) is 0 Å². The number of Topliss-reactive ketones (excluding diaryl/α,β-unsaturated/α-hetero) is 1. The molecule has 0 bridgehead atoms. The van der Waals surface area contributed by atoms with Gasteiger partial charge < -0.3 is 14.9 Å². The molecule has 34 heavy (non-hydrogen) atoms. The summed E-state index contributed by atoms with van der Waals surface area (Å²) >= 11 is 0. The smallest absolute Gasteiger partial charge is 0.300 e. The summed E-state index contributed by atoms with van der Waals surface area (Å²) in [5.41, 5.74) is 1.59. The predicted octanol–water partition coefficient (Wildman–Crippen LogP) is 4.76. The number of aryl methyl sites for hydroxylation is 1. The number of hydrogen-bond acceptors (Lipinski definition) is 6. The number of aromatic hydroxyl groups is 1. The highest BCUT2D eigenvalue weighted by Gasteiger charge is 2.48. The average molecular weight is 459 g/mol. The van der Waals surface area contributed by atoms with Crippen LogP contribution in [0.5, 0.6) is 11.5 Å². The lowest BCUT2D eigenvalue weighted by atomic mass is 9.98. The molecule has 1 fully saturated rings. The van der Waals surface area contributed by atoms with Gasteiger partial charge in [0, 0.05) is 11.8 Å². The van der Waals surface area contributed by atoms with Gasteiger partial charge in [-0.15, -0.1) is 0 Å². The van der Waals surface area contributed by atoms with Crippen LogP contribution in [0.3, 0.4) is 0 Å². The number of anilines is 1. The summed E-state index contributed by atoms with van der Waals surface area (Å²) in [5, 5.41) is 21.8. The maximum absolute atomic E-state index is 13.2. The van der Waals surface area contributed by atoms with Crippen molar-refractivity contribution in [3.05, 3.63) is 89.3 Å². The number of benzene rings is 2. The minimum atomic E-state index is -1.02. The molecule has 0 radical (unpaired) electrons. The van der Waals surface area contributed by atoms with Gasteiger partial charge in [0.25, 0.3) is 11.7 Å². The van der Waals surface area contributed by atoms with Crippen molar-refractivity contribution in [2.24, 2.45) is 5.92 Å². The van der Waals surface area contributed by atoms with Crippen LogP contribution in [0.25, 0.3) is 5.76 Å². The Kier molecular flexibility index (Phi) is 6.36. The number of ether oxygens (including phenoxy) is 1. The molecule has 0 saturated carbocycles. The Morgan fingerprint density at radius 3 is 2.59 bits per heavy atom. The second-order valence-electron chi connectivity index (χ2n) is 8.65. The molecule has 2 heterocycles. The van der Waals surface area contributed by atoms with Crippen LogP contribution in [-0.4, -0.2) is 33.5 Å². The van der Waals surface area contributed by atoms with Crippen LogP contribution in [0, 0.1) is 12.8 Å². The third-order valence-corrected chi connectivity index (χ3v) is 5.49. The maximum Gasteiger partial charge on any atom is 0.300 e. The molecular formula is C27H26N2O5.